The first-order chi connectivity index (χ1) is 14.1. The lowest BCUT2D eigenvalue weighted by molar-refractivity contribution is -0.137. The zero-order valence-corrected chi connectivity index (χ0v) is 17.2. The monoisotopic (exact) mass is 422 g/mol. The van der Waals surface area contributed by atoms with Gasteiger partial charge < -0.3 is 9.80 Å². The van der Waals surface area contributed by atoms with E-state index in [4.69, 9.17) is 0 Å². The van der Waals surface area contributed by atoms with Crippen LogP contribution in [0.2, 0.25) is 0 Å². The van der Waals surface area contributed by atoms with E-state index in [1.807, 2.05) is 6.92 Å². The molecule has 0 radical (unpaired) electrons. The molecular weight excluding hydrogens is 396 g/mol. The summed E-state index contributed by atoms with van der Waals surface area (Å²) in [6, 6.07) is 10.7. The Morgan fingerprint density at radius 3 is 1.93 bits per heavy atom. The van der Waals surface area contributed by atoms with Gasteiger partial charge in [0.25, 0.3) is 5.91 Å². The highest BCUT2D eigenvalue weighted by Gasteiger charge is 2.30. The Bertz CT molecular complexity index is 845. The van der Waals surface area contributed by atoms with Gasteiger partial charge in [-0.1, -0.05) is 44.2 Å². The third-order valence-corrected chi connectivity index (χ3v) is 4.76. The topological polar surface area (TPSA) is 23.6 Å². The molecule has 3 nitrogen and oxygen atoms in total. The number of benzene rings is 2. The van der Waals surface area contributed by atoms with Crippen LogP contribution in [-0.4, -0.2) is 29.3 Å². The summed E-state index contributed by atoms with van der Waals surface area (Å²) in [5.74, 6) is -0.625. The van der Waals surface area contributed by atoms with Crippen molar-refractivity contribution in [1.29, 1.82) is 0 Å². The first-order valence-corrected chi connectivity index (χ1v) is 9.71. The molecule has 2 aromatic rings. The Morgan fingerprint density at radius 2 is 1.47 bits per heavy atom. The Balaban J connectivity index is 2.22. The van der Waals surface area contributed by atoms with Crippen molar-refractivity contribution in [3.05, 3.63) is 83.3 Å². The summed E-state index contributed by atoms with van der Waals surface area (Å²) < 4.78 is 51.7. The number of likely N-dealkylation sites (N-methyl/N-ethyl adjacent to an activating group) is 1. The molecule has 0 aromatic heterocycles. The van der Waals surface area contributed by atoms with Gasteiger partial charge in [-0.25, -0.2) is 4.39 Å². The number of halogens is 4. The molecule has 0 unspecified atom stereocenters. The molecule has 0 bridgehead atoms. The van der Waals surface area contributed by atoms with E-state index in [0.717, 1.165) is 30.5 Å². The van der Waals surface area contributed by atoms with Gasteiger partial charge in [0.15, 0.2) is 0 Å². The van der Waals surface area contributed by atoms with Crippen LogP contribution >= 0.6 is 0 Å². The van der Waals surface area contributed by atoms with Crippen molar-refractivity contribution in [2.24, 2.45) is 0 Å². The minimum absolute atomic E-state index is 0.196. The van der Waals surface area contributed by atoms with E-state index in [9.17, 15) is 22.4 Å². The number of unbranched alkanes of at least 4 members (excludes halogenated alkanes) is 1. The molecule has 2 aromatic carbocycles. The van der Waals surface area contributed by atoms with E-state index in [-0.39, 0.29) is 30.5 Å². The summed E-state index contributed by atoms with van der Waals surface area (Å²) in [6.45, 7) is 7.01. The summed E-state index contributed by atoms with van der Waals surface area (Å²) >= 11 is 0. The van der Waals surface area contributed by atoms with Crippen LogP contribution in [0, 0.1) is 5.82 Å². The number of nitrogens with zero attached hydrogens (tertiary/aromatic N) is 2. The minimum atomic E-state index is -4.41. The smallest absolute Gasteiger partial charge is 0.359 e. The minimum Gasteiger partial charge on any atom is -0.359 e. The second-order valence-corrected chi connectivity index (χ2v) is 7.20. The highest BCUT2D eigenvalue weighted by atomic mass is 19.4. The average Bonchev–Trinajstić information content (AvgIpc) is 2.71. The lowest BCUT2D eigenvalue weighted by atomic mass is 10.1. The van der Waals surface area contributed by atoms with Crippen LogP contribution in [-0.2, 0) is 24.1 Å². The summed E-state index contributed by atoms with van der Waals surface area (Å²) in [5.41, 5.74) is 0.868. The predicted molar refractivity (Wildman–Crippen MR) is 109 cm³/mol. The number of hydrogen-bond acceptors (Lipinski definition) is 2. The summed E-state index contributed by atoms with van der Waals surface area (Å²) in [4.78, 5) is 16.1. The third-order valence-electron chi connectivity index (χ3n) is 4.76. The molecule has 0 heterocycles. The predicted octanol–water partition coefficient (Wildman–Crippen LogP) is 5.62. The third kappa shape index (κ3) is 6.61. The zero-order valence-electron chi connectivity index (χ0n) is 17.2. The standard InChI is InChI=1S/C23H26F4N2O/c1-4-5-14-28(3)22(30)17(2)29(16-19-8-12-21(24)13-9-19)15-18-6-10-20(11-7-18)23(25,26)27/h6-13H,2,4-5,14-16H2,1,3H3. The van der Waals surface area contributed by atoms with Crippen LogP contribution in [0.25, 0.3) is 0 Å². The Hall–Kier alpha value is -2.83. The lowest BCUT2D eigenvalue weighted by Gasteiger charge is -2.29. The van der Waals surface area contributed by atoms with E-state index in [1.54, 1.807) is 29.0 Å². The Kier molecular flexibility index (Phi) is 8.03. The van der Waals surface area contributed by atoms with E-state index in [0.29, 0.717) is 12.1 Å². The molecule has 0 atom stereocenters. The molecular formula is C23H26F4N2O. The summed E-state index contributed by atoms with van der Waals surface area (Å²) in [5, 5.41) is 0. The van der Waals surface area contributed by atoms with Crippen LogP contribution in [0.4, 0.5) is 17.6 Å². The Morgan fingerprint density at radius 1 is 0.967 bits per heavy atom. The molecule has 1 amide bonds. The molecule has 30 heavy (non-hydrogen) atoms. The Labute approximate surface area is 174 Å². The fourth-order valence-electron chi connectivity index (χ4n) is 2.93. The second-order valence-electron chi connectivity index (χ2n) is 7.20. The van der Waals surface area contributed by atoms with Crippen molar-refractivity contribution in [3.8, 4) is 0 Å². The number of hydrogen-bond donors (Lipinski definition) is 0. The van der Waals surface area contributed by atoms with E-state index < -0.39 is 11.7 Å². The van der Waals surface area contributed by atoms with Gasteiger partial charge in [0, 0.05) is 26.7 Å². The van der Waals surface area contributed by atoms with Crippen LogP contribution in [0.5, 0.6) is 0 Å². The highest BCUT2D eigenvalue weighted by molar-refractivity contribution is 5.92. The number of rotatable bonds is 9. The molecule has 0 fully saturated rings. The van der Waals surface area contributed by atoms with Crippen molar-refractivity contribution in [2.75, 3.05) is 13.6 Å². The quantitative estimate of drug-likeness (QED) is 0.387. The molecule has 162 valence electrons. The SMILES string of the molecule is C=C(C(=O)N(C)CCCC)N(Cc1ccc(F)cc1)Cc1ccc(C(F)(F)F)cc1. The first-order valence-electron chi connectivity index (χ1n) is 9.71. The number of amides is 1. The molecule has 7 heteroatoms. The van der Waals surface area contributed by atoms with E-state index in [2.05, 4.69) is 6.58 Å². The molecule has 0 saturated heterocycles. The highest BCUT2D eigenvalue weighted by Crippen LogP contribution is 2.29. The van der Waals surface area contributed by atoms with Gasteiger partial charge in [-0.3, -0.25) is 4.79 Å². The maximum absolute atomic E-state index is 13.2. The fourth-order valence-corrected chi connectivity index (χ4v) is 2.93. The zero-order chi connectivity index (χ0) is 22.3. The van der Waals surface area contributed by atoms with Crippen LogP contribution < -0.4 is 0 Å². The molecule has 0 spiro atoms. The largest absolute Gasteiger partial charge is 0.416 e. The van der Waals surface area contributed by atoms with Crippen LogP contribution in [0.1, 0.15) is 36.5 Å². The molecule has 0 aliphatic heterocycles. The summed E-state index contributed by atoms with van der Waals surface area (Å²) in [6.07, 6.45) is -2.62. The fraction of sp³-hybridized carbons (Fsp3) is 0.348. The van der Waals surface area contributed by atoms with Crippen molar-refractivity contribution in [2.45, 2.75) is 39.0 Å². The average molecular weight is 422 g/mol. The van der Waals surface area contributed by atoms with E-state index in [1.165, 1.54) is 24.3 Å². The van der Waals surface area contributed by atoms with Gasteiger partial charge in [0.1, 0.15) is 5.82 Å². The molecule has 0 aliphatic rings. The van der Waals surface area contributed by atoms with Crippen molar-refractivity contribution in [3.63, 3.8) is 0 Å². The van der Waals surface area contributed by atoms with E-state index >= 15 is 0 Å². The lowest BCUT2D eigenvalue weighted by Crippen LogP contribution is -2.36. The van der Waals surface area contributed by atoms with Gasteiger partial charge in [0.2, 0.25) is 0 Å². The first kappa shape index (κ1) is 23.4. The van der Waals surface area contributed by atoms with Crippen LogP contribution in [0.15, 0.2) is 60.8 Å². The molecule has 0 saturated carbocycles. The second kappa shape index (κ2) is 10.3. The van der Waals surface area contributed by atoms with Crippen molar-refractivity contribution < 1.29 is 22.4 Å². The van der Waals surface area contributed by atoms with Gasteiger partial charge in [-0.05, 0) is 41.8 Å². The maximum atomic E-state index is 13.2. The normalized spacial score (nSPS) is 11.3. The van der Waals surface area contributed by atoms with Crippen LogP contribution in [0.3, 0.4) is 0 Å². The van der Waals surface area contributed by atoms with Crippen molar-refractivity contribution in [1.82, 2.24) is 9.80 Å². The summed E-state index contributed by atoms with van der Waals surface area (Å²) in [7, 11) is 1.69. The molecule has 0 aliphatic carbocycles. The van der Waals surface area contributed by atoms with Crippen molar-refractivity contribution >= 4 is 5.91 Å². The number of carbonyl (C=O) groups is 1. The van der Waals surface area contributed by atoms with Gasteiger partial charge >= 0.3 is 6.18 Å². The van der Waals surface area contributed by atoms with Gasteiger partial charge in [-0.2, -0.15) is 13.2 Å². The number of alkyl halides is 3. The molecule has 2 rings (SSSR count). The van der Waals surface area contributed by atoms with Gasteiger partial charge in [0.05, 0.1) is 11.3 Å². The molecule has 0 N–H and O–H groups in total. The maximum Gasteiger partial charge on any atom is 0.416 e. The number of carbonyl (C=O) groups excluding carboxylic acids is 1. The van der Waals surface area contributed by atoms with Gasteiger partial charge in [-0.15, -0.1) is 0 Å².